The van der Waals surface area contributed by atoms with E-state index in [0.717, 1.165) is 12.3 Å². The lowest BCUT2D eigenvalue weighted by Gasteiger charge is -2.02. The standard InChI is InChI=1S/C10H11FO3S/c1-7(12)9-4-3-8(5-10(9)11)6-15(2,13)14/h3-5H,6H2,1-2H3. The van der Waals surface area contributed by atoms with E-state index in [1.54, 1.807) is 0 Å². The molecule has 0 atom stereocenters. The van der Waals surface area contributed by atoms with Crippen molar-refractivity contribution in [3.05, 3.63) is 35.1 Å². The summed E-state index contributed by atoms with van der Waals surface area (Å²) in [6, 6.07) is 3.83. The lowest BCUT2D eigenvalue weighted by Crippen LogP contribution is -2.03. The molecule has 0 bridgehead atoms. The zero-order chi connectivity index (χ0) is 11.6. The molecule has 0 aliphatic rings. The second-order valence-electron chi connectivity index (χ2n) is 3.44. The van der Waals surface area contributed by atoms with E-state index in [-0.39, 0.29) is 17.1 Å². The van der Waals surface area contributed by atoms with Crippen LogP contribution in [-0.2, 0) is 15.6 Å². The first-order valence-corrected chi connectivity index (χ1v) is 6.33. The van der Waals surface area contributed by atoms with Crippen molar-refractivity contribution >= 4 is 15.6 Å². The van der Waals surface area contributed by atoms with Crippen LogP contribution in [0.25, 0.3) is 0 Å². The number of sulfone groups is 1. The van der Waals surface area contributed by atoms with Gasteiger partial charge in [0.2, 0.25) is 0 Å². The first-order chi connectivity index (χ1) is 6.79. The van der Waals surface area contributed by atoms with Gasteiger partial charge in [0, 0.05) is 6.26 Å². The molecular weight excluding hydrogens is 219 g/mol. The van der Waals surface area contributed by atoms with Crippen LogP contribution in [0, 0.1) is 5.82 Å². The predicted octanol–water partition coefficient (Wildman–Crippen LogP) is 1.57. The summed E-state index contributed by atoms with van der Waals surface area (Å²) in [4.78, 5) is 10.9. The van der Waals surface area contributed by atoms with Crippen molar-refractivity contribution in [2.45, 2.75) is 12.7 Å². The number of carbonyl (C=O) groups is 1. The molecule has 0 fully saturated rings. The molecule has 0 radical (unpaired) electrons. The van der Waals surface area contributed by atoms with E-state index in [1.165, 1.54) is 19.1 Å². The average molecular weight is 230 g/mol. The van der Waals surface area contributed by atoms with Gasteiger partial charge in [0.15, 0.2) is 15.6 Å². The normalized spacial score (nSPS) is 11.4. The third kappa shape index (κ3) is 3.43. The number of carbonyl (C=O) groups excluding carboxylic acids is 1. The third-order valence-electron chi connectivity index (χ3n) is 1.84. The quantitative estimate of drug-likeness (QED) is 0.741. The molecule has 15 heavy (non-hydrogen) atoms. The molecule has 0 saturated carbocycles. The van der Waals surface area contributed by atoms with Crippen molar-refractivity contribution in [3.63, 3.8) is 0 Å². The monoisotopic (exact) mass is 230 g/mol. The lowest BCUT2D eigenvalue weighted by molar-refractivity contribution is 0.101. The summed E-state index contributed by atoms with van der Waals surface area (Å²) in [6.07, 6.45) is 1.07. The minimum absolute atomic E-state index is 0.0211. The topological polar surface area (TPSA) is 51.2 Å². The van der Waals surface area contributed by atoms with E-state index in [0.29, 0.717) is 5.56 Å². The Morgan fingerprint density at radius 1 is 1.40 bits per heavy atom. The summed E-state index contributed by atoms with van der Waals surface area (Å²) < 4.78 is 35.1. The Balaban J connectivity index is 3.07. The number of halogens is 1. The lowest BCUT2D eigenvalue weighted by atomic mass is 10.1. The molecule has 0 heterocycles. The molecule has 0 amide bonds. The van der Waals surface area contributed by atoms with Crippen LogP contribution in [0.2, 0.25) is 0 Å². The fourth-order valence-electron chi connectivity index (χ4n) is 1.24. The molecule has 0 saturated heterocycles. The molecular formula is C10H11FO3S. The van der Waals surface area contributed by atoms with Gasteiger partial charge in [-0.1, -0.05) is 6.07 Å². The maximum atomic E-state index is 13.3. The Bertz CT molecular complexity index is 491. The highest BCUT2D eigenvalue weighted by atomic mass is 32.2. The zero-order valence-electron chi connectivity index (χ0n) is 8.45. The summed E-state index contributed by atoms with van der Waals surface area (Å²) in [5.41, 5.74) is 0.326. The van der Waals surface area contributed by atoms with E-state index in [9.17, 15) is 17.6 Å². The molecule has 0 aromatic heterocycles. The van der Waals surface area contributed by atoms with Crippen LogP contribution in [0.3, 0.4) is 0 Å². The number of rotatable bonds is 3. The van der Waals surface area contributed by atoms with Gasteiger partial charge >= 0.3 is 0 Å². The first-order valence-electron chi connectivity index (χ1n) is 4.26. The third-order valence-corrected chi connectivity index (χ3v) is 2.70. The van der Waals surface area contributed by atoms with Crippen molar-refractivity contribution in [3.8, 4) is 0 Å². The number of benzene rings is 1. The van der Waals surface area contributed by atoms with Gasteiger partial charge in [-0.05, 0) is 24.6 Å². The van der Waals surface area contributed by atoms with Crippen LogP contribution in [0.15, 0.2) is 18.2 Å². The van der Waals surface area contributed by atoms with Gasteiger partial charge in [-0.25, -0.2) is 12.8 Å². The minimum atomic E-state index is -3.18. The van der Waals surface area contributed by atoms with E-state index in [4.69, 9.17) is 0 Å². The highest BCUT2D eigenvalue weighted by Crippen LogP contribution is 2.13. The first kappa shape index (κ1) is 11.8. The van der Waals surface area contributed by atoms with Gasteiger partial charge < -0.3 is 0 Å². The molecule has 0 spiro atoms. The molecule has 3 nitrogen and oxygen atoms in total. The minimum Gasteiger partial charge on any atom is -0.294 e. The van der Waals surface area contributed by atoms with Crippen molar-refractivity contribution in [1.29, 1.82) is 0 Å². The number of ketones is 1. The van der Waals surface area contributed by atoms with Crippen LogP contribution < -0.4 is 0 Å². The molecule has 0 N–H and O–H groups in total. The van der Waals surface area contributed by atoms with Crippen molar-refractivity contribution in [2.75, 3.05) is 6.26 Å². The van der Waals surface area contributed by atoms with Crippen molar-refractivity contribution in [2.24, 2.45) is 0 Å². The Labute approximate surface area is 87.8 Å². The Morgan fingerprint density at radius 2 is 2.00 bits per heavy atom. The van der Waals surface area contributed by atoms with E-state index >= 15 is 0 Å². The molecule has 0 unspecified atom stereocenters. The summed E-state index contributed by atoms with van der Waals surface area (Å²) in [7, 11) is -3.18. The maximum Gasteiger partial charge on any atom is 0.162 e. The smallest absolute Gasteiger partial charge is 0.162 e. The number of hydrogen-bond acceptors (Lipinski definition) is 3. The SMILES string of the molecule is CC(=O)c1ccc(CS(C)(=O)=O)cc1F. The second-order valence-corrected chi connectivity index (χ2v) is 5.58. The molecule has 82 valence electrons. The van der Waals surface area contributed by atoms with E-state index in [2.05, 4.69) is 0 Å². The van der Waals surface area contributed by atoms with Crippen LogP contribution in [0.1, 0.15) is 22.8 Å². The van der Waals surface area contributed by atoms with Crippen LogP contribution in [0.5, 0.6) is 0 Å². The van der Waals surface area contributed by atoms with Gasteiger partial charge in [-0.15, -0.1) is 0 Å². The summed E-state index contributed by atoms with van der Waals surface area (Å²) in [5.74, 6) is -1.27. The van der Waals surface area contributed by atoms with Crippen molar-refractivity contribution in [1.82, 2.24) is 0 Å². The fourth-order valence-corrected chi connectivity index (χ4v) is 2.02. The highest BCUT2D eigenvalue weighted by Gasteiger charge is 2.10. The maximum absolute atomic E-state index is 13.3. The summed E-state index contributed by atoms with van der Waals surface area (Å²) in [6.45, 7) is 1.26. The Morgan fingerprint density at radius 3 is 2.40 bits per heavy atom. The van der Waals surface area contributed by atoms with Gasteiger partial charge in [0.25, 0.3) is 0 Å². The van der Waals surface area contributed by atoms with E-state index < -0.39 is 15.7 Å². The van der Waals surface area contributed by atoms with E-state index in [1.807, 2.05) is 0 Å². The predicted molar refractivity (Wildman–Crippen MR) is 55.0 cm³/mol. The Kier molecular flexibility index (Phi) is 3.24. The largest absolute Gasteiger partial charge is 0.294 e. The molecule has 0 aliphatic heterocycles. The van der Waals surface area contributed by atoms with Crippen molar-refractivity contribution < 1.29 is 17.6 Å². The molecule has 0 aliphatic carbocycles. The van der Waals surface area contributed by atoms with Crippen LogP contribution >= 0.6 is 0 Å². The summed E-state index contributed by atoms with van der Waals surface area (Å²) in [5, 5.41) is 0. The zero-order valence-corrected chi connectivity index (χ0v) is 9.27. The van der Waals surface area contributed by atoms with Gasteiger partial charge in [0.1, 0.15) is 5.82 Å². The molecule has 1 rings (SSSR count). The number of Topliss-reactive ketones (excluding diaryl/α,β-unsaturated/α-hetero) is 1. The van der Waals surface area contributed by atoms with Crippen LogP contribution in [-0.4, -0.2) is 20.5 Å². The molecule has 1 aromatic rings. The second kappa shape index (κ2) is 4.10. The molecule has 5 heteroatoms. The van der Waals surface area contributed by atoms with Gasteiger partial charge in [-0.3, -0.25) is 4.79 Å². The van der Waals surface area contributed by atoms with Crippen LogP contribution in [0.4, 0.5) is 4.39 Å². The fraction of sp³-hybridized carbons (Fsp3) is 0.300. The Hall–Kier alpha value is -1.23. The molecule has 1 aromatic carbocycles. The number of hydrogen-bond donors (Lipinski definition) is 0. The summed E-state index contributed by atoms with van der Waals surface area (Å²) >= 11 is 0. The average Bonchev–Trinajstić information content (AvgIpc) is 1.99. The van der Waals surface area contributed by atoms with Gasteiger partial charge in [0.05, 0.1) is 11.3 Å². The van der Waals surface area contributed by atoms with Gasteiger partial charge in [-0.2, -0.15) is 0 Å². The highest BCUT2D eigenvalue weighted by molar-refractivity contribution is 7.89.